The van der Waals surface area contributed by atoms with Crippen molar-refractivity contribution in [2.45, 2.75) is 12.8 Å². The van der Waals surface area contributed by atoms with Crippen molar-refractivity contribution in [1.29, 1.82) is 0 Å². The van der Waals surface area contributed by atoms with Crippen molar-refractivity contribution in [3.8, 4) is 0 Å². The maximum Gasteiger partial charge on any atom is 0.324 e. The fraction of sp³-hybridized carbons (Fsp3) is 0.455. The zero-order chi connectivity index (χ0) is 18.4. The summed E-state index contributed by atoms with van der Waals surface area (Å²) in [6.07, 6.45) is -2.62. The van der Waals surface area contributed by atoms with E-state index in [1.165, 1.54) is 0 Å². The van der Waals surface area contributed by atoms with Crippen molar-refractivity contribution in [3.05, 3.63) is 0 Å². The molecule has 0 atom stereocenters. The van der Waals surface area contributed by atoms with Crippen molar-refractivity contribution in [1.82, 2.24) is 0 Å². The van der Waals surface area contributed by atoms with Crippen LogP contribution in [0, 0.1) is 16.2 Å². The lowest BCUT2D eigenvalue weighted by Crippen LogP contribution is -2.67. The largest absolute Gasteiger partial charge is 0.480 e. The standard InChI is InChI=1S/C11H10O12/c12-3(13)9(4(14)15)1-2-10(5(16)17,6(18)19)11(9,7(20)21)8(22)23/h1-2H2,(H,12,13)(H,14,15)(H,16,17)(H,18,19)(H,20,21)(H,22,23). The van der Waals surface area contributed by atoms with Crippen LogP contribution in [-0.4, -0.2) is 66.5 Å². The third-order valence-electron chi connectivity index (χ3n) is 4.26. The maximum atomic E-state index is 11.6. The van der Waals surface area contributed by atoms with E-state index in [-0.39, 0.29) is 0 Å². The van der Waals surface area contributed by atoms with Crippen LogP contribution >= 0.6 is 0 Å². The van der Waals surface area contributed by atoms with Crippen LogP contribution < -0.4 is 0 Å². The summed E-state index contributed by atoms with van der Waals surface area (Å²) in [5.41, 5.74) is -11.5. The van der Waals surface area contributed by atoms with E-state index in [9.17, 15) is 39.0 Å². The first-order valence-electron chi connectivity index (χ1n) is 5.77. The Kier molecular flexibility index (Phi) is 3.83. The van der Waals surface area contributed by atoms with Gasteiger partial charge in [-0.25, -0.2) is 0 Å². The summed E-state index contributed by atoms with van der Waals surface area (Å²) in [5.74, 6) is -15.2. The van der Waals surface area contributed by atoms with Crippen molar-refractivity contribution in [2.24, 2.45) is 16.2 Å². The van der Waals surface area contributed by atoms with Crippen LogP contribution in [0.5, 0.6) is 0 Å². The first-order valence-corrected chi connectivity index (χ1v) is 5.77. The number of carboxylic acids is 6. The van der Waals surface area contributed by atoms with Crippen molar-refractivity contribution < 1.29 is 59.4 Å². The molecule has 0 unspecified atom stereocenters. The molecule has 0 radical (unpaired) electrons. The van der Waals surface area contributed by atoms with E-state index in [1.807, 2.05) is 0 Å². The molecule has 0 saturated heterocycles. The molecule has 12 nitrogen and oxygen atoms in total. The molecule has 0 aromatic heterocycles. The first kappa shape index (κ1) is 17.9. The molecule has 1 saturated carbocycles. The Morgan fingerprint density at radius 1 is 0.478 bits per heavy atom. The van der Waals surface area contributed by atoms with E-state index in [4.69, 9.17) is 20.4 Å². The SMILES string of the molecule is O=C(O)C1(C(=O)O)CCC(C(=O)O)(C(=O)O)C1(C(=O)O)C(=O)O. The molecule has 1 fully saturated rings. The van der Waals surface area contributed by atoms with Gasteiger partial charge in [-0.05, 0) is 12.8 Å². The average molecular weight is 334 g/mol. The van der Waals surface area contributed by atoms with Gasteiger partial charge in [0.1, 0.15) is 0 Å². The lowest BCUT2D eigenvalue weighted by Gasteiger charge is -2.39. The van der Waals surface area contributed by atoms with Crippen LogP contribution in [0.1, 0.15) is 12.8 Å². The van der Waals surface area contributed by atoms with E-state index < -0.39 is 64.9 Å². The Morgan fingerprint density at radius 3 is 0.826 bits per heavy atom. The normalized spacial score (nSPS) is 20.3. The van der Waals surface area contributed by atoms with Gasteiger partial charge in [0, 0.05) is 0 Å². The Bertz CT molecular complexity index is 559. The van der Waals surface area contributed by atoms with E-state index in [2.05, 4.69) is 0 Å². The summed E-state index contributed by atoms with van der Waals surface area (Å²) in [7, 11) is 0. The molecule has 6 N–H and O–H groups in total. The van der Waals surface area contributed by atoms with Gasteiger partial charge in [-0.1, -0.05) is 0 Å². The predicted octanol–water partition coefficient (Wildman–Crippen LogP) is -1.75. The molecule has 0 spiro atoms. The van der Waals surface area contributed by atoms with Gasteiger partial charge in [0.15, 0.2) is 10.8 Å². The van der Waals surface area contributed by atoms with Gasteiger partial charge in [-0.2, -0.15) is 0 Å². The van der Waals surface area contributed by atoms with Crippen molar-refractivity contribution in [2.75, 3.05) is 0 Å². The predicted molar refractivity (Wildman–Crippen MR) is 62.3 cm³/mol. The minimum atomic E-state index is -4.16. The highest BCUT2D eigenvalue weighted by Gasteiger charge is 2.88. The molecular formula is C11H10O12. The van der Waals surface area contributed by atoms with Gasteiger partial charge in [-0.3, -0.25) is 28.8 Å². The molecule has 0 aromatic rings. The quantitative estimate of drug-likeness (QED) is 0.297. The maximum absolute atomic E-state index is 11.6. The number of carbonyl (C=O) groups is 6. The fourth-order valence-corrected chi connectivity index (χ4v) is 3.19. The van der Waals surface area contributed by atoms with Gasteiger partial charge in [0.2, 0.25) is 5.41 Å². The molecule has 23 heavy (non-hydrogen) atoms. The third kappa shape index (κ3) is 1.59. The molecular weight excluding hydrogens is 324 g/mol. The fourth-order valence-electron chi connectivity index (χ4n) is 3.19. The second-order valence-corrected chi connectivity index (χ2v) is 4.89. The smallest absolute Gasteiger partial charge is 0.324 e. The number of hydrogen-bond acceptors (Lipinski definition) is 6. The van der Waals surface area contributed by atoms with Crippen LogP contribution in [0.3, 0.4) is 0 Å². The Balaban J connectivity index is 4.17. The molecule has 1 rings (SSSR count). The lowest BCUT2D eigenvalue weighted by molar-refractivity contribution is -0.208. The summed E-state index contributed by atoms with van der Waals surface area (Å²) < 4.78 is 0. The molecule has 0 aliphatic heterocycles. The molecule has 0 amide bonds. The summed E-state index contributed by atoms with van der Waals surface area (Å²) >= 11 is 0. The monoisotopic (exact) mass is 334 g/mol. The van der Waals surface area contributed by atoms with Gasteiger partial charge in [0.05, 0.1) is 0 Å². The first-order chi connectivity index (χ1) is 10.4. The minimum absolute atomic E-state index is 1.31. The number of rotatable bonds is 6. The zero-order valence-corrected chi connectivity index (χ0v) is 11.0. The Labute approximate surface area is 125 Å². The van der Waals surface area contributed by atoms with E-state index >= 15 is 0 Å². The van der Waals surface area contributed by atoms with Gasteiger partial charge >= 0.3 is 35.8 Å². The topological polar surface area (TPSA) is 224 Å². The summed E-state index contributed by atoms with van der Waals surface area (Å²) in [6.45, 7) is 0. The second-order valence-electron chi connectivity index (χ2n) is 4.89. The van der Waals surface area contributed by atoms with Crippen LogP contribution in [0.4, 0.5) is 0 Å². The van der Waals surface area contributed by atoms with E-state index in [1.54, 1.807) is 0 Å². The molecule has 126 valence electrons. The average Bonchev–Trinajstić information content (AvgIpc) is 2.72. The van der Waals surface area contributed by atoms with E-state index in [0.717, 1.165) is 0 Å². The number of aliphatic carboxylic acids is 6. The highest BCUT2D eigenvalue weighted by atomic mass is 16.4. The second kappa shape index (κ2) is 4.93. The number of hydrogen-bond donors (Lipinski definition) is 6. The lowest BCUT2D eigenvalue weighted by atomic mass is 9.55. The van der Waals surface area contributed by atoms with Crippen LogP contribution in [0.15, 0.2) is 0 Å². The molecule has 0 bridgehead atoms. The van der Waals surface area contributed by atoms with Gasteiger partial charge in [0.25, 0.3) is 0 Å². The molecule has 1 aliphatic rings. The molecule has 12 heteroatoms. The van der Waals surface area contributed by atoms with Crippen LogP contribution in [0.25, 0.3) is 0 Å². The van der Waals surface area contributed by atoms with Gasteiger partial charge in [-0.15, -0.1) is 0 Å². The van der Waals surface area contributed by atoms with Gasteiger partial charge < -0.3 is 30.6 Å². The third-order valence-corrected chi connectivity index (χ3v) is 4.26. The minimum Gasteiger partial charge on any atom is -0.480 e. The van der Waals surface area contributed by atoms with Crippen molar-refractivity contribution >= 4 is 35.8 Å². The summed E-state index contributed by atoms with van der Waals surface area (Å²) in [5, 5.41) is 55.2. The van der Waals surface area contributed by atoms with Crippen LogP contribution in [-0.2, 0) is 28.8 Å². The summed E-state index contributed by atoms with van der Waals surface area (Å²) in [4.78, 5) is 68.9. The Morgan fingerprint density at radius 2 is 0.696 bits per heavy atom. The van der Waals surface area contributed by atoms with Crippen LogP contribution in [0.2, 0.25) is 0 Å². The highest BCUT2D eigenvalue weighted by Crippen LogP contribution is 2.64. The highest BCUT2D eigenvalue weighted by molar-refractivity contribution is 6.21. The van der Waals surface area contributed by atoms with E-state index in [0.29, 0.717) is 0 Å². The zero-order valence-electron chi connectivity index (χ0n) is 11.0. The van der Waals surface area contributed by atoms with Crippen molar-refractivity contribution in [3.63, 3.8) is 0 Å². The number of carboxylic acid groups (broad SMARTS) is 6. The molecule has 0 aromatic carbocycles. The molecule has 1 aliphatic carbocycles. The Hall–Kier alpha value is -3.18. The summed E-state index contributed by atoms with van der Waals surface area (Å²) in [6, 6.07) is 0. The molecule has 0 heterocycles.